The van der Waals surface area contributed by atoms with Gasteiger partial charge in [-0.1, -0.05) is 66.8 Å². The first kappa shape index (κ1) is 26.8. The Hall–Kier alpha value is -2.21. The van der Waals surface area contributed by atoms with Crippen molar-refractivity contribution in [2.75, 3.05) is 14.2 Å². The summed E-state index contributed by atoms with van der Waals surface area (Å²) in [5.41, 5.74) is 0. The number of rotatable bonds is 2. The minimum Gasteiger partial charge on any atom is -0.460 e. The number of cyclic esters (lactones) is 1. The Morgan fingerprint density at radius 3 is 2.42 bits per heavy atom. The SMILES string of the molecule is CO[C@H]1C/C=C\C=C\[C@@H](O)C/C=C/C=C\C(=O)O[C@H](C)CCC/C=C/C=C/[C@H](OC)C1. The van der Waals surface area contributed by atoms with Crippen LogP contribution >= 0.6 is 0 Å². The summed E-state index contributed by atoms with van der Waals surface area (Å²) in [6.45, 7) is 1.90. The average Bonchev–Trinajstić information content (AvgIpc) is 2.75. The quantitative estimate of drug-likeness (QED) is 0.625. The van der Waals surface area contributed by atoms with Gasteiger partial charge >= 0.3 is 5.97 Å². The van der Waals surface area contributed by atoms with Crippen molar-refractivity contribution in [1.82, 2.24) is 0 Å². The number of carbonyl (C=O) groups is 1. The van der Waals surface area contributed by atoms with Gasteiger partial charge in [-0.3, -0.25) is 0 Å². The highest BCUT2D eigenvalue weighted by Gasteiger charge is 2.12. The van der Waals surface area contributed by atoms with E-state index in [-0.39, 0.29) is 24.3 Å². The topological polar surface area (TPSA) is 65.0 Å². The Morgan fingerprint density at radius 2 is 1.65 bits per heavy atom. The molecule has 1 heterocycles. The molecular formula is C26H38O5. The lowest BCUT2D eigenvalue weighted by atomic mass is 10.1. The normalized spacial score (nSPS) is 33.9. The van der Waals surface area contributed by atoms with E-state index in [4.69, 9.17) is 14.2 Å². The maximum Gasteiger partial charge on any atom is 0.331 e. The van der Waals surface area contributed by atoms with Crippen LogP contribution in [-0.4, -0.2) is 49.7 Å². The molecule has 0 unspecified atom stereocenters. The van der Waals surface area contributed by atoms with Crippen LogP contribution in [0.15, 0.2) is 72.9 Å². The zero-order valence-corrected chi connectivity index (χ0v) is 19.1. The smallest absolute Gasteiger partial charge is 0.331 e. The highest BCUT2D eigenvalue weighted by Crippen LogP contribution is 2.12. The molecule has 0 saturated carbocycles. The largest absolute Gasteiger partial charge is 0.460 e. The molecule has 1 N–H and O–H groups in total. The van der Waals surface area contributed by atoms with E-state index >= 15 is 0 Å². The third-order valence-corrected chi connectivity index (χ3v) is 4.84. The third kappa shape index (κ3) is 14.4. The van der Waals surface area contributed by atoms with E-state index in [0.29, 0.717) is 6.42 Å². The second-order valence-corrected chi connectivity index (χ2v) is 7.50. The molecule has 5 nitrogen and oxygen atoms in total. The van der Waals surface area contributed by atoms with Crippen LogP contribution in [0.4, 0.5) is 0 Å². The molecule has 0 aromatic rings. The highest BCUT2D eigenvalue weighted by atomic mass is 16.5. The van der Waals surface area contributed by atoms with E-state index in [0.717, 1.165) is 32.1 Å². The van der Waals surface area contributed by atoms with Gasteiger partial charge in [-0.25, -0.2) is 4.79 Å². The van der Waals surface area contributed by atoms with E-state index in [1.54, 1.807) is 32.4 Å². The molecule has 0 radical (unpaired) electrons. The molecule has 0 spiro atoms. The number of hydrogen-bond acceptors (Lipinski definition) is 5. The van der Waals surface area contributed by atoms with Gasteiger partial charge in [-0.05, 0) is 39.0 Å². The van der Waals surface area contributed by atoms with Gasteiger partial charge in [0.15, 0.2) is 0 Å². The summed E-state index contributed by atoms with van der Waals surface area (Å²) in [6.07, 6.45) is 26.2. The lowest BCUT2D eigenvalue weighted by molar-refractivity contribution is -0.142. The number of ether oxygens (including phenoxy) is 3. The Morgan fingerprint density at radius 1 is 0.935 bits per heavy atom. The zero-order chi connectivity index (χ0) is 22.7. The standard InChI is InChI=1S/C26H38O5/c1-22-15-9-5-4-6-12-18-24(29-2)21-25(30-3)19-13-7-10-16-23(27)17-11-8-14-20-26(28)31-22/h4,6-8,10-14,16,18,20,22-25,27H,5,9,15,17,19,21H2,1-3H3/b6-4+,11-8+,13-7-,16-10+,18-12+,20-14-/t22-,23-,24+,25+/m1/s1. The van der Waals surface area contributed by atoms with Gasteiger partial charge in [-0.2, -0.15) is 0 Å². The molecule has 0 bridgehead atoms. The van der Waals surface area contributed by atoms with Crippen LogP contribution in [0.1, 0.15) is 45.4 Å². The lowest BCUT2D eigenvalue weighted by Crippen LogP contribution is -2.19. The Balaban J connectivity index is 2.76. The summed E-state index contributed by atoms with van der Waals surface area (Å²) in [5.74, 6) is -0.351. The van der Waals surface area contributed by atoms with Crippen molar-refractivity contribution >= 4 is 5.97 Å². The van der Waals surface area contributed by atoms with Gasteiger partial charge in [0, 0.05) is 26.7 Å². The average molecular weight is 431 g/mol. The van der Waals surface area contributed by atoms with Crippen molar-refractivity contribution < 1.29 is 24.1 Å². The summed E-state index contributed by atoms with van der Waals surface area (Å²) >= 11 is 0. The third-order valence-electron chi connectivity index (χ3n) is 4.84. The second kappa shape index (κ2) is 17.5. The summed E-state index contributed by atoms with van der Waals surface area (Å²) in [4.78, 5) is 11.8. The van der Waals surface area contributed by atoms with Gasteiger partial charge in [0.05, 0.1) is 24.4 Å². The molecule has 0 amide bonds. The predicted molar refractivity (Wildman–Crippen MR) is 126 cm³/mol. The number of aliphatic hydroxyl groups is 1. The van der Waals surface area contributed by atoms with Gasteiger partial charge in [0.25, 0.3) is 0 Å². The fraction of sp³-hybridized carbons (Fsp3) is 0.500. The second-order valence-electron chi connectivity index (χ2n) is 7.50. The van der Waals surface area contributed by atoms with Crippen LogP contribution in [0.25, 0.3) is 0 Å². The first-order valence-electron chi connectivity index (χ1n) is 11.0. The van der Waals surface area contributed by atoms with Crippen LogP contribution in [0, 0.1) is 0 Å². The molecule has 1 aliphatic heterocycles. The van der Waals surface area contributed by atoms with Gasteiger partial charge in [-0.15, -0.1) is 0 Å². The summed E-state index contributed by atoms with van der Waals surface area (Å²) < 4.78 is 16.5. The maximum atomic E-state index is 11.8. The molecule has 0 aromatic heterocycles. The number of carbonyl (C=O) groups excluding carboxylic acids is 1. The molecule has 0 fully saturated rings. The van der Waals surface area contributed by atoms with Gasteiger partial charge < -0.3 is 19.3 Å². The van der Waals surface area contributed by atoms with Gasteiger partial charge in [0.1, 0.15) is 0 Å². The molecule has 0 aliphatic carbocycles. The molecule has 31 heavy (non-hydrogen) atoms. The maximum absolute atomic E-state index is 11.8. The van der Waals surface area contributed by atoms with E-state index < -0.39 is 6.10 Å². The first-order valence-corrected chi connectivity index (χ1v) is 11.0. The minimum absolute atomic E-state index is 0.0230. The van der Waals surface area contributed by atoms with Crippen LogP contribution in [-0.2, 0) is 19.0 Å². The van der Waals surface area contributed by atoms with E-state index in [9.17, 15) is 9.90 Å². The molecule has 5 heteroatoms. The molecular weight excluding hydrogens is 392 g/mol. The van der Waals surface area contributed by atoms with Crippen LogP contribution in [0.2, 0.25) is 0 Å². The van der Waals surface area contributed by atoms with E-state index in [1.807, 2.05) is 49.5 Å². The Bertz CT molecular complexity index is 657. The fourth-order valence-electron chi connectivity index (χ4n) is 2.99. The van der Waals surface area contributed by atoms with Crippen molar-refractivity contribution in [2.45, 2.75) is 69.9 Å². The van der Waals surface area contributed by atoms with Gasteiger partial charge in [0.2, 0.25) is 0 Å². The summed E-state index contributed by atoms with van der Waals surface area (Å²) in [7, 11) is 3.41. The van der Waals surface area contributed by atoms with Crippen LogP contribution in [0.5, 0.6) is 0 Å². The first-order chi connectivity index (χ1) is 15.0. The Labute approximate surface area is 187 Å². The molecule has 4 atom stereocenters. The molecule has 1 rings (SSSR count). The monoisotopic (exact) mass is 430 g/mol. The molecule has 0 saturated heterocycles. The van der Waals surface area contributed by atoms with Crippen molar-refractivity contribution in [3.05, 3.63) is 72.9 Å². The number of aliphatic hydroxyl groups excluding tert-OH is 1. The number of methoxy groups -OCH3 is 2. The summed E-state index contributed by atoms with van der Waals surface area (Å²) in [5, 5.41) is 9.99. The van der Waals surface area contributed by atoms with Crippen molar-refractivity contribution in [3.63, 3.8) is 0 Å². The van der Waals surface area contributed by atoms with Crippen molar-refractivity contribution in [2.24, 2.45) is 0 Å². The minimum atomic E-state index is -0.582. The molecule has 172 valence electrons. The predicted octanol–water partition coefficient (Wildman–Crippen LogP) is 5.00. The van der Waals surface area contributed by atoms with Crippen molar-refractivity contribution in [3.8, 4) is 0 Å². The number of allylic oxidation sites excluding steroid dienone is 7. The lowest BCUT2D eigenvalue weighted by Gasteiger charge is -2.18. The van der Waals surface area contributed by atoms with E-state index in [1.165, 1.54) is 6.08 Å². The fourth-order valence-corrected chi connectivity index (χ4v) is 2.99. The Kier molecular flexibility index (Phi) is 15.1. The highest BCUT2D eigenvalue weighted by molar-refractivity contribution is 5.82. The number of esters is 1. The number of hydrogen-bond donors (Lipinski definition) is 1. The zero-order valence-electron chi connectivity index (χ0n) is 19.1. The van der Waals surface area contributed by atoms with Crippen molar-refractivity contribution in [1.29, 1.82) is 0 Å². The molecule has 1 aliphatic rings. The van der Waals surface area contributed by atoms with E-state index in [2.05, 4.69) is 6.08 Å². The van der Waals surface area contributed by atoms with Crippen LogP contribution < -0.4 is 0 Å². The van der Waals surface area contributed by atoms with Crippen LogP contribution in [0.3, 0.4) is 0 Å². The molecule has 0 aromatic carbocycles. The summed E-state index contributed by atoms with van der Waals surface area (Å²) in [6, 6.07) is 0.